The monoisotopic (exact) mass is 702 g/mol. The van der Waals surface area contributed by atoms with E-state index in [9.17, 15) is 19.2 Å². The number of hydrogen-bond acceptors (Lipinski definition) is 6. The van der Waals surface area contributed by atoms with Crippen molar-refractivity contribution < 1.29 is 0 Å². The van der Waals surface area contributed by atoms with Crippen molar-refractivity contribution >= 4 is 22.4 Å². The van der Waals surface area contributed by atoms with Crippen molar-refractivity contribution in [3.8, 4) is 11.4 Å². The van der Waals surface area contributed by atoms with Gasteiger partial charge in [-0.1, -0.05) is 129 Å². The average molecular weight is 703 g/mol. The number of H-pyrrole nitrogens is 1. The van der Waals surface area contributed by atoms with Gasteiger partial charge in [-0.2, -0.15) is 4.98 Å². The normalized spacial score (nSPS) is 11.6. The van der Waals surface area contributed by atoms with Gasteiger partial charge in [0.25, 0.3) is 11.1 Å². The quantitative estimate of drug-likeness (QED) is 0.0578. The molecule has 0 atom stereocenters. The number of rotatable bonds is 24. The molecule has 0 saturated heterocycles. The molecule has 1 N–H and O–H groups in total. The Morgan fingerprint density at radius 3 is 1.76 bits per heavy atom. The van der Waals surface area contributed by atoms with Crippen LogP contribution in [-0.2, 0) is 20.6 Å². The SMILES string of the molecule is CCCCCCCCCCCCN(c1ccc2c(c1)cc1c(=O)n(C)c(=O)nc-1n2CCCCCCCCCCCC)c1cc(=O)n(C)c(=O)[nH]1. The first-order valence-electron chi connectivity index (χ1n) is 19.9. The highest BCUT2D eigenvalue weighted by molar-refractivity contribution is 5.89. The number of pyridine rings is 1. The maximum absolute atomic E-state index is 13.4. The second-order valence-electron chi connectivity index (χ2n) is 14.4. The molecule has 2 aliphatic heterocycles. The van der Waals surface area contributed by atoms with E-state index < -0.39 is 11.4 Å². The number of anilines is 2. The van der Waals surface area contributed by atoms with Gasteiger partial charge in [-0.15, -0.1) is 0 Å². The molecule has 0 aliphatic carbocycles. The van der Waals surface area contributed by atoms with Crippen molar-refractivity contribution in [3.05, 3.63) is 72.0 Å². The molecule has 10 heteroatoms. The highest BCUT2D eigenvalue weighted by atomic mass is 16.2. The van der Waals surface area contributed by atoms with Gasteiger partial charge < -0.3 is 9.47 Å². The Balaban J connectivity index is 1.57. The molecule has 0 fully saturated rings. The van der Waals surface area contributed by atoms with Gasteiger partial charge in [-0.25, -0.2) is 9.59 Å². The third-order valence-corrected chi connectivity index (χ3v) is 10.3. The van der Waals surface area contributed by atoms with Crippen LogP contribution in [-0.4, -0.2) is 30.2 Å². The van der Waals surface area contributed by atoms with Crippen LogP contribution in [0.15, 0.2) is 49.5 Å². The van der Waals surface area contributed by atoms with Crippen LogP contribution in [0.5, 0.6) is 0 Å². The Morgan fingerprint density at radius 2 is 1.20 bits per heavy atom. The molecule has 0 unspecified atom stereocenters. The highest BCUT2D eigenvalue weighted by Crippen LogP contribution is 2.31. The molecule has 1 aromatic carbocycles. The summed E-state index contributed by atoms with van der Waals surface area (Å²) in [5, 5.41) is 0.837. The van der Waals surface area contributed by atoms with Crippen LogP contribution in [0.2, 0.25) is 0 Å². The molecule has 10 nitrogen and oxygen atoms in total. The van der Waals surface area contributed by atoms with E-state index in [0.717, 1.165) is 64.2 Å². The summed E-state index contributed by atoms with van der Waals surface area (Å²) >= 11 is 0. The fourth-order valence-electron chi connectivity index (χ4n) is 7.08. The summed E-state index contributed by atoms with van der Waals surface area (Å²) < 4.78 is 4.15. The van der Waals surface area contributed by atoms with E-state index in [4.69, 9.17) is 0 Å². The van der Waals surface area contributed by atoms with Crippen LogP contribution in [0, 0.1) is 0 Å². The zero-order valence-electron chi connectivity index (χ0n) is 31.8. The van der Waals surface area contributed by atoms with E-state index in [1.165, 1.54) is 110 Å². The Labute approximate surface area is 303 Å². The molecule has 0 spiro atoms. The predicted octanol–water partition coefficient (Wildman–Crippen LogP) is 8.57. The summed E-state index contributed by atoms with van der Waals surface area (Å²) in [4.78, 5) is 60.7. The van der Waals surface area contributed by atoms with Crippen molar-refractivity contribution in [1.82, 2.24) is 23.7 Å². The van der Waals surface area contributed by atoms with Gasteiger partial charge in [0, 0.05) is 49.8 Å². The maximum atomic E-state index is 13.4. The molecular formula is C41H62N6O4. The van der Waals surface area contributed by atoms with E-state index in [1.54, 1.807) is 0 Å². The van der Waals surface area contributed by atoms with Crippen molar-refractivity contribution in [1.29, 1.82) is 0 Å². The minimum Gasteiger partial charge on any atom is -0.328 e. The van der Waals surface area contributed by atoms with Crippen molar-refractivity contribution in [2.24, 2.45) is 14.1 Å². The van der Waals surface area contributed by atoms with Gasteiger partial charge in [-0.05, 0) is 37.1 Å². The molecule has 0 bridgehead atoms. The Kier molecular flexibility index (Phi) is 16.2. The minimum absolute atomic E-state index is 0.368. The summed E-state index contributed by atoms with van der Waals surface area (Å²) in [6.45, 7) is 5.76. The Bertz CT molecular complexity index is 1840. The molecule has 4 rings (SSSR count). The first kappa shape index (κ1) is 39.8. The summed E-state index contributed by atoms with van der Waals surface area (Å²) in [7, 11) is 2.93. The van der Waals surface area contributed by atoms with Crippen LogP contribution >= 0.6 is 0 Å². The fourth-order valence-corrected chi connectivity index (χ4v) is 7.08. The predicted molar refractivity (Wildman–Crippen MR) is 211 cm³/mol. The number of unbranched alkanes of at least 4 members (excludes halogenated alkanes) is 18. The summed E-state index contributed by atoms with van der Waals surface area (Å²) in [6, 6.07) is 9.32. The first-order chi connectivity index (χ1) is 24.8. The lowest BCUT2D eigenvalue weighted by Gasteiger charge is -2.26. The molecule has 2 aliphatic rings. The first-order valence-corrected chi connectivity index (χ1v) is 19.9. The third-order valence-electron chi connectivity index (χ3n) is 10.3. The summed E-state index contributed by atoms with van der Waals surface area (Å²) in [6.07, 6.45) is 24.3. The number of benzene rings is 1. The minimum atomic E-state index is -0.558. The average Bonchev–Trinajstić information content (AvgIpc) is 3.12. The third kappa shape index (κ3) is 11.3. The molecule has 280 valence electrons. The zero-order valence-corrected chi connectivity index (χ0v) is 31.8. The summed E-state index contributed by atoms with van der Waals surface area (Å²) in [5.41, 5.74) is 0.346. The van der Waals surface area contributed by atoms with E-state index in [-0.39, 0.29) is 11.1 Å². The van der Waals surface area contributed by atoms with Crippen molar-refractivity contribution in [2.75, 3.05) is 11.4 Å². The van der Waals surface area contributed by atoms with Crippen molar-refractivity contribution in [2.45, 2.75) is 149 Å². The molecule has 1 aromatic heterocycles. The van der Waals surface area contributed by atoms with Crippen LogP contribution in [0.4, 0.5) is 11.5 Å². The second-order valence-corrected chi connectivity index (χ2v) is 14.4. The lowest BCUT2D eigenvalue weighted by molar-refractivity contribution is 0.537. The Hall–Kier alpha value is -3.95. The van der Waals surface area contributed by atoms with Gasteiger partial charge in [0.2, 0.25) is 0 Å². The van der Waals surface area contributed by atoms with Gasteiger partial charge in [0.15, 0.2) is 5.82 Å². The van der Waals surface area contributed by atoms with Gasteiger partial charge >= 0.3 is 11.4 Å². The second kappa shape index (κ2) is 20.8. The van der Waals surface area contributed by atoms with Crippen LogP contribution in [0.25, 0.3) is 22.3 Å². The topological polar surface area (TPSA) is 115 Å². The van der Waals surface area contributed by atoms with Gasteiger partial charge in [0.05, 0.1) is 5.56 Å². The van der Waals surface area contributed by atoms with E-state index in [1.807, 2.05) is 33.7 Å². The Morgan fingerprint density at radius 1 is 0.647 bits per heavy atom. The highest BCUT2D eigenvalue weighted by Gasteiger charge is 2.20. The molecular weight excluding hydrogens is 640 g/mol. The number of aromatic amines is 1. The van der Waals surface area contributed by atoms with Crippen molar-refractivity contribution in [3.63, 3.8) is 0 Å². The van der Waals surface area contributed by atoms with Crippen LogP contribution in [0.1, 0.15) is 142 Å². The van der Waals surface area contributed by atoms with E-state index >= 15 is 0 Å². The number of nitrogens with zero attached hydrogens (tertiary/aromatic N) is 5. The molecule has 3 heterocycles. The smallest absolute Gasteiger partial charge is 0.328 e. The van der Waals surface area contributed by atoms with Gasteiger partial charge in [-0.3, -0.25) is 23.7 Å². The van der Waals surface area contributed by atoms with E-state index in [2.05, 4.69) is 23.8 Å². The van der Waals surface area contributed by atoms with Crippen LogP contribution in [0.3, 0.4) is 0 Å². The lowest BCUT2D eigenvalue weighted by atomic mass is 10.1. The molecule has 0 radical (unpaired) electrons. The number of aryl methyl sites for hydroxylation is 1. The molecule has 2 aromatic rings. The molecule has 0 amide bonds. The van der Waals surface area contributed by atoms with E-state index in [0.29, 0.717) is 30.3 Å². The molecule has 0 saturated carbocycles. The van der Waals surface area contributed by atoms with Crippen LogP contribution < -0.4 is 27.4 Å². The summed E-state index contributed by atoms with van der Waals surface area (Å²) in [5.74, 6) is 0.864. The largest absolute Gasteiger partial charge is 0.352 e. The number of fused-ring (bicyclic) bond motifs is 2. The maximum Gasteiger partial charge on any atom is 0.352 e. The number of nitrogens with one attached hydrogen (secondary N) is 1. The lowest BCUT2D eigenvalue weighted by Crippen LogP contribution is -2.36. The fraction of sp³-hybridized carbons (Fsp3) is 0.634. The molecule has 51 heavy (non-hydrogen) atoms. The number of aromatic nitrogens is 5. The zero-order chi connectivity index (χ0) is 36.6. The standard InChI is InChI=1S/C41H62N6O4/c1-5-7-9-11-13-15-17-19-21-23-27-46(36-31-37(48)44(3)40(50)42-36)33-25-26-35-32(29-33)30-34-38(43-41(51)45(4)39(34)49)47(35)28-24-22-20-18-16-14-12-10-8-6-2/h25-26,29-31H,5-24,27-28H2,1-4H3,(H,42,50). The van der Waals surface area contributed by atoms with Gasteiger partial charge in [0.1, 0.15) is 5.82 Å². The number of hydrogen-bond donors (Lipinski definition) is 1.